The SMILES string of the molecule is C[n+]1c2n(c3nc4cccnn4c31)Cc1cccnc1-2.[2H]C([2H])([2H])[n+]1c2n(c3nc4cccnn4c31)Cc1cccnc1-2.c1ccc(-n2c3[n+](c4nc5cccnn5c42)Cc2cccnc2-3)cc1.c1cnc2c(c1)C[n+]1c-2oc2c1nc1cccnn12.c1cnc2c(c1)C[n+]1c-2sc2c1nc1cccnn12. The molecule has 490 valence electrons. The van der Waals surface area contributed by atoms with Crippen LogP contribution < -0.4 is 22.8 Å². The molecular weight excluding hydrogens is 1320 g/mol. The minimum absolute atomic E-state index is 0.465. The zero-order chi connectivity index (χ0) is 70.2. The van der Waals surface area contributed by atoms with Crippen molar-refractivity contribution in [3.63, 3.8) is 0 Å². The Morgan fingerprint density at radius 2 is 0.854 bits per heavy atom. The van der Waals surface area contributed by atoms with E-state index in [-0.39, 0.29) is 0 Å². The standard InChI is InChI=1S/C19H13N6.2C14H11N6.C13H8N5O.C13H8N5S/c1-2-7-14(8-3-1)24-18-16-13(6-4-10-20-16)12-23(18)17-19(24)25-15(22-17)9-5-11-21-25;2*1-18-13-11-9(4-2-6-15-11)8-19(13)12-14(18)20-10(17-12)5-3-7-16-20;2*1-3-8-7-17-11-13(19-12(17)10(8)14-5-1)18-9(16-11)4-2-6-15-18/h1-11H,12H2;2*2-7H,8H2,1H3;2*1-6H,7H2/q5*+1/i;1D3;;;. The maximum absolute atomic E-state index is 7.98. The fraction of sp³-hybridized carbons (Fsp3) is 0.0959. The van der Waals surface area contributed by atoms with Gasteiger partial charge >= 0.3 is 39.8 Å². The molecule has 0 fully saturated rings. The molecule has 1 aromatic carbocycles. The summed E-state index contributed by atoms with van der Waals surface area (Å²) in [6.45, 7) is 1.39. The van der Waals surface area contributed by atoms with E-state index in [0.29, 0.717) is 40.7 Å². The van der Waals surface area contributed by atoms with Gasteiger partial charge in [0.25, 0.3) is 45.7 Å². The Balaban J connectivity index is 0.0000000830. The summed E-state index contributed by atoms with van der Waals surface area (Å²) in [6.07, 6.45) is 17.7. The molecule has 0 N–H and O–H groups in total. The summed E-state index contributed by atoms with van der Waals surface area (Å²) in [5.74, 6) is 3.46. The summed E-state index contributed by atoms with van der Waals surface area (Å²) in [4.78, 5) is 46.8. The number of hydrogen-bond donors (Lipinski definition) is 0. The summed E-state index contributed by atoms with van der Waals surface area (Å²) < 4.78 is 55.1. The average molecular weight is 1370 g/mol. The van der Waals surface area contributed by atoms with Gasteiger partial charge in [-0.2, -0.15) is 43.4 Å². The number of imidazole rings is 8. The van der Waals surface area contributed by atoms with Crippen LogP contribution in [0, 0.1) is 0 Å². The molecule has 0 amide bonds. The summed E-state index contributed by atoms with van der Waals surface area (Å²) >= 11 is 1.70. The molecule has 30 heteroatoms. The van der Waals surface area contributed by atoms with Gasteiger partial charge in [-0.05, 0) is 82.8 Å². The molecule has 0 aliphatic carbocycles. The number of thiazole rings is 1. The third-order valence-electron chi connectivity index (χ3n) is 19.3. The quantitative estimate of drug-likeness (QED) is 0.149. The molecule has 20 aromatic heterocycles. The number of rotatable bonds is 1. The highest BCUT2D eigenvalue weighted by molar-refractivity contribution is 7.20. The van der Waals surface area contributed by atoms with Gasteiger partial charge in [-0.3, -0.25) is 4.98 Å². The molecule has 0 saturated carbocycles. The molecule has 5 aliphatic rings. The Morgan fingerprint density at radius 3 is 1.49 bits per heavy atom. The second kappa shape index (κ2) is 21.7. The second-order valence-electron chi connectivity index (χ2n) is 25.1. The van der Waals surface area contributed by atoms with Gasteiger partial charge in [0.2, 0.25) is 26.8 Å². The van der Waals surface area contributed by atoms with Crippen molar-refractivity contribution in [3.8, 4) is 62.5 Å². The number of hydrogen-bond acceptors (Lipinski definition) is 17. The molecule has 25 heterocycles. The molecule has 0 atom stereocenters. The first-order valence-electron chi connectivity index (χ1n) is 34.5. The molecule has 5 aliphatic heterocycles. The summed E-state index contributed by atoms with van der Waals surface area (Å²) in [5, 5.41) is 23.0. The lowest BCUT2D eigenvalue weighted by molar-refractivity contribution is -0.651. The van der Waals surface area contributed by atoms with Crippen LogP contribution in [0.25, 0.3) is 146 Å². The van der Waals surface area contributed by atoms with E-state index < -0.39 is 6.98 Å². The number of para-hydroxylation sites is 1. The van der Waals surface area contributed by atoms with E-state index >= 15 is 0 Å². The normalized spacial score (nSPS) is 13.5. The van der Waals surface area contributed by atoms with Gasteiger partial charge in [-0.25, -0.2) is 51.9 Å². The highest BCUT2D eigenvalue weighted by Gasteiger charge is 2.41. The molecule has 21 aromatic rings. The van der Waals surface area contributed by atoms with Gasteiger partial charge in [0, 0.05) is 108 Å². The number of pyridine rings is 5. The molecule has 0 radical (unpaired) electrons. The van der Waals surface area contributed by atoms with Crippen molar-refractivity contribution in [1.29, 1.82) is 0 Å². The summed E-state index contributed by atoms with van der Waals surface area (Å²) in [7, 11) is 2.04. The van der Waals surface area contributed by atoms with E-state index in [1.807, 2.05) is 158 Å². The van der Waals surface area contributed by atoms with Gasteiger partial charge in [0.05, 0.1) is 50.2 Å². The zero-order valence-corrected chi connectivity index (χ0v) is 54.9. The van der Waals surface area contributed by atoms with Gasteiger partial charge in [0.1, 0.15) is 41.6 Å². The van der Waals surface area contributed by atoms with Crippen LogP contribution in [0.15, 0.2) is 218 Å². The van der Waals surface area contributed by atoms with E-state index in [2.05, 4.69) is 125 Å². The highest BCUT2D eigenvalue weighted by Crippen LogP contribution is 2.37. The summed E-state index contributed by atoms with van der Waals surface area (Å²) in [6, 6.07) is 49.5. The Labute approximate surface area is 586 Å². The van der Waals surface area contributed by atoms with E-state index in [1.54, 1.807) is 69.8 Å². The lowest BCUT2D eigenvalue weighted by Gasteiger charge is -2.03. The third kappa shape index (κ3) is 8.27. The first-order chi connectivity index (χ1) is 52.1. The average Bonchev–Trinajstić information content (AvgIpc) is 1.55. The predicted octanol–water partition coefficient (Wildman–Crippen LogP) is 7.09. The predicted molar refractivity (Wildman–Crippen MR) is 373 cm³/mol. The van der Waals surface area contributed by atoms with Crippen LogP contribution in [0.4, 0.5) is 0 Å². The monoisotopic (exact) mass is 1370 g/mol. The number of aryl methyl sites for hydroxylation is 2. The third-order valence-corrected chi connectivity index (χ3v) is 20.4. The van der Waals surface area contributed by atoms with Crippen molar-refractivity contribution >= 4 is 95.3 Å². The molecule has 0 bridgehead atoms. The molecule has 0 spiro atoms. The van der Waals surface area contributed by atoms with Crippen LogP contribution in [0.2, 0.25) is 0 Å². The van der Waals surface area contributed by atoms with Crippen LogP contribution in [0.5, 0.6) is 0 Å². The summed E-state index contributed by atoms with van der Waals surface area (Å²) in [5.41, 5.74) is 23.1. The van der Waals surface area contributed by atoms with Crippen molar-refractivity contribution in [2.45, 2.75) is 32.7 Å². The van der Waals surface area contributed by atoms with Crippen molar-refractivity contribution in [2.24, 2.45) is 14.0 Å². The Kier molecular flexibility index (Phi) is 11.3. The van der Waals surface area contributed by atoms with Crippen LogP contribution in [-0.2, 0) is 46.7 Å². The van der Waals surface area contributed by atoms with E-state index in [1.165, 1.54) is 26.3 Å². The highest BCUT2D eigenvalue weighted by atomic mass is 32.1. The van der Waals surface area contributed by atoms with Crippen LogP contribution >= 0.6 is 11.3 Å². The Hall–Kier alpha value is -14.2. The first-order valence-corrected chi connectivity index (χ1v) is 33.8. The Bertz CT molecular complexity index is 7090. The van der Waals surface area contributed by atoms with E-state index in [9.17, 15) is 0 Å². The molecular formula is C73H51N28OS+5. The maximum atomic E-state index is 7.98. The van der Waals surface area contributed by atoms with Gasteiger partial charge in [0.15, 0.2) is 5.69 Å². The maximum Gasteiger partial charge on any atom is 0.392 e. The first kappa shape index (κ1) is 53.8. The van der Waals surface area contributed by atoms with Crippen molar-refractivity contribution < 1.29 is 31.4 Å². The van der Waals surface area contributed by atoms with Crippen LogP contribution in [-0.4, -0.2) is 112 Å². The fourth-order valence-corrected chi connectivity index (χ4v) is 16.1. The largest absolute Gasteiger partial charge is 0.394 e. The number of fused-ring (bicyclic) bond motifs is 35. The molecule has 29 nitrogen and oxygen atoms in total. The lowest BCUT2D eigenvalue weighted by Crippen LogP contribution is -2.31. The molecule has 0 unspecified atom stereocenters. The minimum Gasteiger partial charge on any atom is -0.394 e. The zero-order valence-electron chi connectivity index (χ0n) is 57.1. The van der Waals surface area contributed by atoms with Crippen molar-refractivity contribution in [3.05, 3.63) is 241 Å². The fourth-order valence-electron chi connectivity index (χ4n) is 14.9. The van der Waals surface area contributed by atoms with E-state index in [4.69, 9.17) is 18.5 Å². The van der Waals surface area contributed by atoms with Crippen molar-refractivity contribution in [1.82, 2.24) is 112 Å². The number of benzene rings is 1. The number of oxazole rings is 1. The molecule has 26 rings (SSSR count). The van der Waals surface area contributed by atoms with Gasteiger partial charge in [-0.15, -0.1) is 19.2 Å². The lowest BCUT2D eigenvalue weighted by atomic mass is 10.2. The number of aromatic nitrogens is 28. The van der Waals surface area contributed by atoms with Crippen LogP contribution in [0.3, 0.4) is 0 Å². The Morgan fingerprint density at radius 1 is 0.398 bits per heavy atom. The topological polar surface area (TPSA) is 263 Å². The van der Waals surface area contributed by atoms with E-state index in [0.717, 1.165) is 145 Å². The van der Waals surface area contributed by atoms with Crippen LogP contribution in [0.1, 0.15) is 31.9 Å². The number of nitrogens with zero attached hydrogens (tertiary/aromatic N) is 28. The molecule has 103 heavy (non-hydrogen) atoms. The smallest absolute Gasteiger partial charge is 0.392 e. The second-order valence-corrected chi connectivity index (χ2v) is 26.0. The van der Waals surface area contributed by atoms with Crippen molar-refractivity contribution in [2.75, 3.05) is 0 Å². The molecule has 0 saturated heterocycles. The minimum atomic E-state index is -2.36. The van der Waals surface area contributed by atoms with Gasteiger partial charge in [-0.1, -0.05) is 64.9 Å². The van der Waals surface area contributed by atoms with Gasteiger partial charge < -0.3 is 4.42 Å².